The van der Waals surface area contributed by atoms with Crippen LogP contribution in [-0.4, -0.2) is 25.0 Å². The van der Waals surface area contributed by atoms with Crippen molar-refractivity contribution in [3.8, 4) is 5.75 Å². The highest BCUT2D eigenvalue weighted by atomic mass is 16.5. The van der Waals surface area contributed by atoms with Gasteiger partial charge in [-0.05, 0) is 48.2 Å². The van der Waals surface area contributed by atoms with Gasteiger partial charge in [-0.2, -0.15) is 0 Å². The second kappa shape index (κ2) is 8.57. The number of fused-ring (bicyclic) bond motifs is 1. The molecule has 4 rings (SSSR count). The van der Waals surface area contributed by atoms with Crippen LogP contribution in [0.2, 0.25) is 0 Å². The molecule has 1 N–H and O–H groups in total. The molecule has 0 spiro atoms. The van der Waals surface area contributed by atoms with Gasteiger partial charge < -0.3 is 14.8 Å². The molecule has 0 unspecified atom stereocenters. The Bertz CT molecular complexity index is 1060. The quantitative estimate of drug-likeness (QED) is 0.590. The standard InChI is InChI=1S/C25H25NO4/c1-16(18-8-9-20-15-22(29-2)13-10-19(20)14-18)25(28)30-23(17-6-4-3-5-7-17)24(27)26-21-11-12-21/h3-10,13-16,21,23H,11-12H2,1-2H3,(H,26,27)/t16-,23+/m0/s1. The van der Waals surface area contributed by atoms with E-state index in [1.807, 2.05) is 54.6 Å². The molecule has 3 aromatic carbocycles. The summed E-state index contributed by atoms with van der Waals surface area (Å²) in [7, 11) is 1.64. The predicted molar refractivity (Wildman–Crippen MR) is 115 cm³/mol. The molecular formula is C25H25NO4. The van der Waals surface area contributed by atoms with Crippen LogP contribution >= 0.6 is 0 Å². The van der Waals surface area contributed by atoms with Crippen LogP contribution in [0.15, 0.2) is 66.7 Å². The molecule has 30 heavy (non-hydrogen) atoms. The lowest BCUT2D eigenvalue weighted by Gasteiger charge is -2.20. The van der Waals surface area contributed by atoms with Gasteiger partial charge in [0.15, 0.2) is 0 Å². The van der Waals surface area contributed by atoms with E-state index in [1.54, 1.807) is 26.2 Å². The van der Waals surface area contributed by atoms with E-state index in [-0.39, 0.29) is 11.9 Å². The molecule has 3 aromatic rings. The summed E-state index contributed by atoms with van der Waals surface area (Å²) >= 11 is 0. The highest BCUT2D eigenvalue weighted by molar-refractivity contribution is 5.89. The van der Waals surface area contributed by atoms with E-state index in [1.165, 1.54) is 0 Å². The maximum absolute atomic E-state index is 12.9. The van der Waals surface area contributed by atoms with Gasteiger partial charge in [0, 0.05) is 11.6 Å². The number of benzene rings is 3. The molecule has 1 saturated carbocycles. The summed E-state index contributed by atoms with van der Waals surface area (Å²) < 4.78 is 11.0. The molecule has 0 aromatic heterocycles. The molecule has 0 aliphatic heterocycles. The first-order valence-corrected chi connectivity index (χ1v) is 10.2. The van der Waals surface area contributed by atoms with Gasteiger partial charge in [-0.1, -0.05) is 54.6 Å². The Morgan fingerprint density at radius 1 is 0.933 bits per heavy atom. The van der Waals surface area contributed by atoms with Crippen LogP contribution in [-0.2, 0) is 14.3 Å². The van der Waals surface area contributed by atoms with Crippen LogP contribution in [0.3, 0.4) is 0 Å². The molecule has 1 aliphatic rings. The van der Waals surface area contributed by atoms with E-state index < -0.39 is 18.0 Å². The van der Waals surface area contributed by atoms with Crippen LogP contribution in [0.25, 0.3) is 10.8 Å². The van der Waals surface area contributed by atoms with Gasteiger partial charge in [-0.25, -0.2) is 0 Å². The van der Waals surface area contributed by atoms with Gasteiger partial charge in [0.25, 0.3) is 5.91 Å². The van der Waals surface area contributed by atoms with Crippen LogP contribution in [0, 0.1) is 0 Å². The van der Waals surface area contributed by atoms with Gasteiger partial charge in [0.05, 0.1) is 13.0 Å². The smallest absolute Gasteiger partial charge is 0.314 e. The maximum atomic E-state index is 12.9. The van der Waals surface area contributed by atoms with Crippen LogP contribution in [0.1, 0.15) is 42.9 Å². The summed E-state index contributed by atoms with van der Waals surface area (Å²) in [6.45, 7) is 1.80. The number of rotatable bonds is 7. The number of methoxy groups -OCH3 is 1. The number of esters is 1. The van der Waals surface area contributed by atoms with Crippen LogP contribution in [0.5, 0.6) is 5.75 Å². The van der Waals surface area contributed by atoms with Gasteiger partial charge in [-0.3, -0.25) is 9.59 Å². The summed E-state index contributed by atoms with van der Waals surface area (Å²) in [5, 5.41) is 4.99. The Kier molecular flexibility index (Phi) is 5.70. The molecule has 5 heteroatoms. The summed E-state index contributed by atoms with van der Waals surface area (Å²) in [4.78, 5) is 25.7. The second-order valence-corrected chi connectivity index (χ2v) is 7.70. The van der Waals surface area contributed by atoms with Crippen molar-refractivity contribution in [1.82, 2.24) is 5.32 Å². The fourth-order valence-electron chi connectivity index (χ4n) is 3.40. The van der Waals surface area contributed by atoms with Crippen molar-refractivity contribution in [2.45, 2.75) is 37.8 Å². The van der Waals surface area contributed by atoms with Crippen molar-refractivity contribution in [2.75, 3.05) is 7.11 Å². The summed E-state index contributed by atoms with van der Waals surface area (Å²) in [6.07, 6.45) is 0.991. The number of carbonyl (C=O) groups excluding carboxylic acids is 2. The zero-order valence-corrected chi connectivity index (χ0v) is 17.1. The highest BCUT2D eigenvalue weighted by Crippen LogP contribution is 2.28. The van der Waals surface area contributed by atoms with E-state index in [4.69, 9.17) is 9.47 Å². The predicted octanol–water partition coefficient (Wildman–Crippen LogP) is 4.52. The lowest BCUT2D eigenvalue weighted by atomic mass is 9.97. The fourth-order valence-corrected chi connectivity index (χ4v) is 3.40. The number of hydrogen-bond donors (Lipinski definition) is 1. The van der Waals surface area contributed by atoms with Crippen molar-refractivity contribution < 1.29 is 19.1 Å². The number of amides is 1. The van der Waals surface area contributed by atoms with Crippen molar-refractivity contribution in [3.05, 3.63) is 77.9 Å². The zero-order valence-electron chi connectivity index (χ0n) is 17.1. The van der Waals surface area contributed by atoms with Crippen molar-refractivity contribution >= 4 is 22.6 Å². The average molecular weight is 403 g/mol. The third kappa shape index (κ3) is 4.46. The van der Waals surface area contributed by atoms with Crippen molar-refractivity contribution in [1.29, 1.82) is 0 Å². The lowest BCUT2D eigenvalue weighted by molar-refractivity contribution is -0.157. The summed E-state index contributed by atoms with van der Waals surface area (Å²) in [5.74, 6) is -0.413. The maximum Gasteiger partial charge on any atom is 0.314 e. The number of ether oxygens (including phenoxy) is 2. The molecule has 0 bridgehead atoms. The summed E-state index contributed by atoms with van der Waals surface area (Å²) in [5.41, 5.74) is 1.51. The minimum Gasteiger partial charge on any atom is -0.497 e. The number of carbonyl (C=O) groups is 2. The van der Waals surface area contributed by atoms with Gasteiger partial charge in [0.1, 0.15) is 5.75 Å². The molecule has 1 fully saturated rings. The molecule has 154 valence electrons. The summed E-state index contributed by atoms with van der Waals surface area (Å²) in [6, 6.07) is 21.0. The molecule has 0 saturated heterocycles. The third-order valence-corrected chi connectivity index (χ3v) is 5.42. The van der Waals surface area contributed by atoms with E-state index in [0.717, 1.165) is 34.9 Å². The SMILES string of the molecule is COc1ccc2cc([C@H](C)C(=O)O[C@@H](C(=O)NC3CC3)c3ccccc3)ccc2c1. The third-order valence-electron chi connectivity index (χ3n) is 5.42. The van der Waals surface area contributed by atoms with Gasteiger partial charge in [0.2, 0.25) is 6.10 Å². The van der Waals surface area contributed by atoms with E-state index >= 15 is 0 Å². The number of nitrogens with one attached hydrogen (secondary N) is 1. The number of hydrogen-bond acceptors (Lipinski definition) is 4. The Morgan fingerprint density at radius 2 is 1.63 bits per heavy atom. The van der Waals surface area contributed by atoms with Crippen LogP contribution < -0.4 is 10.1 Å². The van der Waals surface area contributed by atoms with E-state index in [2.05, 4.69) is 5.32 Å². The van der Waals surface area contributed by atoms with Gasteiger partial charge in [-0.15, -0.1) is 0 Å². The Balaban J connectivity index is 1.54. The first-order valence-electron chi connectivity index (χ1n) is 10.2. The normalized spacial score (nSPS) is 15.3. The van der Waals surface area contributed by atoms with Crippen molar-refractivity contribution in [2.24, 2.45) is 0 Å². The largest absolute Gasteiger partial charge is 0.497 e. The fraction of sp³-hybridized carbons (Fsp3) is 0.280. The lowest BCUT2D eigenvalue weighted by Crippen LogP contribution is -2.34. The molecule has 0 radical (unpaired) electrons. The first kappa shape index (κ1) is 20.0. The molecule has 5 nitrogen and oxygen atoms in total. The zero-order chi connectivity index (χ0) is 21.1. The average Bonchev–Trinajstić information content (AvgIpc) is 3.60. The highest BCUT2D eigenvalue weighted by Gasteiger charge is 2.32. The first-order chi connectivity index (χ1) is 14.5. The minimum absolute atomic E-state index is 0.192. The Morgan fingerprint density at radius 3 is 2.33 bits per heavy atom. The van der Waals surface area contributed by atoms with E-state index in [9.17, 15) is 9.59 Å². The molecular weight excluding hydrogens is 378 g/mol. The monoisotopic (exact) mass is 403 g/mol. The molecule has 0 heterocycles. The minimum atomic E-state index is -0.952. The van der Waals surface area contributed by atoms with Crippen LogP contribution in [0.4, 0.5) is 0 Å². The van der Waals surface area contributed by atoms with Gasteiger partial charge >= 0.3 is 5.97 Å². The van der Waals surface area contributed by atoms with Crippen molar-refractivity contribution in [3.63, 3.8) is 0 Å². The Hall–Kier alpha value is -3.34. The molecule has 2 atom stereocenters. The molecule has 1 aliphatic carbocycles. The topological polar surface area (TPSA) is 64.6 Å². The molecule has 1 amide bonds. The van der Waals surface area contributed by atoms with E-state index in [0.29, 0.717) is 5.56 Å². The second-order valence-electron chi connectivity index (χ2n) is 7.70. The Labute approximate surface area is 176 Å².